The fourth-order valence-corrected chi connectivity index (χ4v) is 5.50. The van der Waals surface area contributed by atoms with Gasteiger partial charge in [-0.15, -0.1) is 5.10 Å². The molecule has 6 atom stereocenters. The number of hydrogen-bond donors (Lipinski definition) is 3. The minimum atomic E-state index is -1.62. The van der Waals surface area contributed by atoms with Crippen molar-refractivity contribution in [2.45, 2.75) is 35.4 Å². The zero-order valence-electron chi connectivity index (χ0n) is 18.4. The molecule has 8 nitrogen and oxygen atoms in total. The highest BCUT2D eigenvalue weighted by molar-refractivity contribution is 8.11. The minimum absolute atomic E-state index is 0.0350. The average molecular weight is 566 g/mol. The molecule has 3 aromatic rings. The molecule has 1 aliphatic rings. The van der Waals surface area contributed by atoms with E-state index in [9.17, 15) is 28.5 Å². The summed E-state index contributed by atoms with van der Waals surface area (Å²) in [6, 6.07) is 5.20. The number of aliphatic hydroxyl groups is 3. The smallest absolute Gasteiger partial charge is 0.194 e. The van der Waals surface area contributed by atoms with Crippen LogP contribution in [0.4, 0.5) is 13.2 Å². The lowest BCUT2D eigenvalue weighted by atomic mass is 9.93. The van der Waals surface area contributed by atoms with E-state index in [2.05, 4.69) is 10.3 Å². The van der Waals surface area contributed by atoms with Gasteiger partial charge in [-0.1, -0.05) is 28.4 Å². The molecule has 2 unspecified atom stereocenters. The fraction of sp³-hybridized carbons (Fsp3) is 0.318. The van der Waals surface area contributed by atoms with Crippen LogP contribution in [0.2, 0.25) is 10.0 Å². The van der Waals surface area contributed by atoms with Crippen LogP contribution in [0.1, 0.15) is 6.04 Å². The fourth-order valence-electron chi connectivity index (χ4n) is 3.77. The van der Waals surface area contributed by atoms with Gasteiger partial charge in [-0.05, 0) is 41.1 Å². The number of hydrogen-bond acceptors (Lipinski definition) is 7. The Balaban J connectivity index is 1.68. The SMILES string of the molecule is CO/S(=C\C1O[C@H](CO)[C@H](O)[C@H](n2cc(-c3cc(F)c(F)c(F)c3)nn2)[C@H]1O)c1ccc(Cl)c(Cl)c1. The zero-order chi connectivity index (χ0) is 26.1. The first kappa shape index (κ1) is 27.0. The number of nitrogens with zero attached hydrogens (tertiary/aromatic N) is 3. The maximum atomic E-state index is 13.7. The Kier molecular flexibility index (Phi) is 8.37. The molecule has 194 valence electrons. The lowest BCUT2D eigenvalue weighted by Crippen LogP contribution is -2.56. The van der Waals surface area contributed by atoms with Gasteiger partial charge in [-0.3, -0.25) is 0 Å². The summed E-state index contributed by atoms with van der Waals surface area (Å²) < 4.78 is 53.0. The van der Waals surface area contributed by atoms with E-state index in [0.717, 1.165) is 16.8 Å². The second kappa shape index (κ2) is 11.2. The molecule has 1 saturated heterocycles. The third-order valence-corrected chi connectivity index (χ3v) is 7.92. The highest BCUT2D eigenvalue weighted by atomic mass is 35.5. The molecule has 0 amide bonds. The molecular weight excluding hydrogens is 546 g/mol. The maximum Gasteiger partial charge on any atom is 0.194 e. The van der Waals surface area contributed by atoms with E-state index in [0.29, 0.717) is 14.9 Å². The zero-order valence-corrected chi connectivity index (χ0v) is 20.8. The van der Waals surface area contributed by atoms with Crippen LogP contribution < -0.4 is 0 Å². The number of aliphatic hydroxyl groups excluding tert-OH is 3. The number of rotatable bonds is 6. The number of aromatic nitrogens is 3. The number of benzene rings is 2. The topological polar surface area (TPSA) is 110 Å². The summed E-state index contributed by atoms with van der Waals surface area (Å²) in [6.07, 6.45) is -3.78. The van der Waals surface area contributed by atoms with E-state index in [-0.39, 0.29) is 11.3 Å². The summed E-state index contributed by atoms with van der Waals surface area (Å²) in [5.74, 6) is -4.44. The van der Waals surface area contributed by atoms with Gasteiger partial charge in [0.25, 0.3) is 0 Å². The first-order valence-corrected chi connectivity index (χ1v) is 12.4. The van der Waals surface area contributed by atoms with E-state index in [1.54, 1.807) is 23.6 Å². The van der Waals surface area contributed by atoms with Crippen molar-refractivity contribution >= 4 is 39.3 Å². The lowest BCUT2D eigenvalue weighted by molar-refractivity contribution is -0.183. The van der Waals surface area contributed by atoms with Gasteiger partial charge in [0.05, 0.1) is 30.0 Å². The molecule has 3 N–H and O–H groups in total. The summed E-state index contributed by atoms with van der Waals surface area (Å²) >= 11 is 12.1. The molecule has 0 bridgehead atoms. The average Bonchev–Trinajstić information content (AvgIpc) is 3.33. The van der Waals surface area contributed by atoms with Gasteiger partial charge in [0, 0.05) is 15.8 Å². The van der Waals surface area contributed by atoms with Crippen LogP contribution in [0, 0.1) is 17.5 Å². The molecule has 1 aromatic heterocycles. The Morgan fingerprint density at radius 1 is 1.11 bits per heavy atom. The Bertz CT molecular complexity index is 1270. The monoisotopic (exact) mass is 565 g/mol. The van der Waals surface area contributed by atoms with Crippen LogP contribution >= 0.6 is 34.0 Å². The summed E-state index contributed by atoms with van der Waals surface area (Å²) in [5.41, 5.74) is -0.136. The van der Waals surface area contributed by atoms with Crippen molar-refractivity contribution in [2.24, 2.45) is 0 Å². The molecule has 36 heavy (non-hydrogen) atoms. The predicted octanol–water partition coefficient (Wildman–Crippen LogP) is 3.38. The van der Waals surface area contributed by atoms with Crippen molar-refractivity contribution in [1.82, 2.24) is 15.0 Å². The van der Waals surface area contributed by atoms with Gasteiger partial charge >= 0.3 is 0 Å². The van der Waals surface area contributed by atoms with Gasteiger partial charge in [-0.2, -0.15) is 0 Å². The largest absolute Gasteiger partial charge is 0.394 e. The normalized spacial score (nSPS) is 25.3. The predicted molar refractivity (Wildman–Crippen MR) is 128 cm³/mol. The molecule has 2 heterocycles. The molecule has 0 radical (unpaired) electrons. The van der Waals surface area contributed by atoms with E-state index >= 15 is 0 Å². The molecule has 1 fully saturated rings. The molecule has 0 aliphatic carbocycles. The first-order valence-electron chi connectivity index (χ1n) is 10.4. The van der Waals surface area contributed by atoms with Crippen molar-refractivity contribution in [3.8, 4) is 11.3 Å². The van der Waals surface area contributed by atoms with Crippen molar-refractivity contribution in [1.29, 1.82) is 0 Å². The standard InChI is InChI=1S/C22H20Cl2F3N3O5S/c1-34-36(11-2-3-12(23)13(24)6-11)9-18-22(33)20(21(32)17(8-31)35-18)30-7-16(28-29-30)10-4-14(25)19(27)15(26)5-10/h2-7,9,17-18,20-22,31-33H,8H2,1H3/t17-,18?,20+,21+,22+,36?/m1/s1. The van der Waals surface area contributed by atoms with Crippen molar-refractivity contribution in [2.75, 3.05) is 13.7 Å². The highest BCUT2D eigenvalue weighted by Gasteiger charge is 2.45. The minimum Gasteiger partial charge on any atom is -0.394 e. The van der Waals surface area contributed by atoms with Crippen LogP contribution in [0.5, 0.6) is 0 Å². The summed E-state index contributed by atoms with van der Waals surface area (Å²) in [5, 5.41) is 41.6. The van der Waals surface area contributed by atoms with Crippen molar-refractivity contribution in [3.63, 3.8) is 0 Å². The van der Waals surface area contributed by atoms with E-state index in [1.807, 2.05) is 0 Å². The second-order valence-electron chi connectivity index (χ2n) is 7.81. The van der Waals surface area contributed by atoms with Gasteiger partial charge in [-0.25, -0.2) is 17.9 Å². The molecule has 1 aliphatic heterocycles. The molecule has 14 heteroatoms. The van der Waals surface area contributed by atoms with Gasteiger partial charge in [0.2, 0.25) is 0 Å². The Morgan fingerprint density at radius 3 is 2.42 bits per heavy atom. The summed E-state index contributed by atoms with van der Waals surface area (Å²) in [6.45, 7) is -0.585. The number of ether oxygens (including phenoxy) is 1. The Labute approximate surface area is 215 Å². The van der Waals surface area contributed by atoms with Crippen LogP contribution in [0.25, 0.3) is 11.3 Å². The van der Waals surface area contributed by atoms with E-state index in [1.165, 1.54) is 13.3 Å². The molecule has 0 saturated carbocycles. The molecule has 2 aromatic carbocycles. The second-order valence-corrected chi connectivity index (χ2v) is 10.3. The summed E-state index contributed by atoms with van der Waals surface area (Å²) in [7, 11) is 0.399. The van der Waals surface area contributed by atoms with E-state index in [4.69, 9.17) is 32.1 Å². The quantitative estimate of drug-likeness (QED) is 0.310. The molecular formula is C22H20Cl2F3N3O5S. The van der Waals surface area contributed by atoms with Crippen LogP contribution in [-0.2, 0) is 8.92 Å². The van der Waals surface area contributed by atoms with Gasteiger partial charge in [0.15, 0.2) is 17.5 Å². The van der Waals surface area contributed by atoms with Gasteiger partial charge in [0.1, 0.15) is 36.2 Å². The van der Waals surface area contributed by atoms with Crippen molar-refractivity contribution < 1.29 is 37.4 Å². The van der Waals surface area contributed by atoms with Crippen LogP contribution in [0.15, 0.2) is 41.4 Å². The third kappa shape index (κ3) is 5.31. The first-order chi connectivity index (χ1) is 17.1. The Hall–Kier alpha value is -2.03. The highest BCUT2D eigenvalue weighted by Crippen LogP contribution is 2.36. The molecule has 4 rings (SSSR count). The molecule has 0 spiro atoms. The number of halogens is 5. The van der Waals surface area contributed by atoms with Crippen LogP contribution in [-0.4, -0.2) is 73.8 Å². The Morgan fingerprint density at radius 2 is 1.81 bits per heavy atom. The maximum absolute atomic E-state index is 13.7. The summed E-state index contributed by atoms with van der Waals surface area (Å²) in [4.78, 5) is 0.634. The van der Waals surface area contributed by atoms with Gasteiger partial charge < -0.3 is 24.2 Å². The van der Waals surface area contributed by atoms with Crippen molar-refractivity contribution in [3.05, 3.63) is 64.0 Å². The lowest BCUT2D eigenvalue weighted by Gasteiger charge is -2.41. The third-order valence-electron chi connectivity index (χ3n) is 5.59. The van der Waals surface area contributed by atoms with E-state index < -0.39 is 65.3 Å². The van der Waals surface area contributed by atoms with Crippen LogP contribution in [0.3, 0.4) is 0 Å².